The first-order valence-electron chi connectivity index (χ1n) is 9.28. The Morgan fingerprint density at radius 3 is 2.00 bits per heavy atom. The predicted octanol–water partition coefficient (Wildman–Crippen LogP) is 2.06. The molecular formula is C17H29NO6S. The molecule has 144 valence electrons. The zero-order valence-electron chi connectivity index (χ0n) is 14.6. The fourth-order valence-corrected chi connectivity index (χ4v) is 4.39. The molecule has 1 atom stereocenters. The fraction of sp³-hybridized carbons (Fsp3) is 0.882. The van der Waals surface area contributed by atoms with Gasteiger partial charge < -0.3 is 10.1 Å². The maximum Gasteiger partial charge on any atom is 0.336 e. The summed E-state index contributed by atoms with van der Waals surface area (Å²) in [5, 5.41) is 0.304. The zero-order chi connectivity index (χ0) is 18.3. The van der Waals surface area contributed by atoms with Crippen LogP contribution in [-0.4, -0.2) is 43.2 Å². The van der Waals surface area contributed by atoms with E-state index in [-0.39, 0.29) is 18.4 Å². The van der Waals surface area contributed by atoms with Crippen LogP contribution in [0.15, 0.2) is 0 Å². The molecule has 2 aliphatic rings. The number of carbonyl (C=O) groups excluding carboxylic acids is 2. The van der Waals surface area contributed by atoms with Crippen LogP contribution in [0.25, 0.3) is 0 Å². The molecule has 0 saturated heterocycles. The molecule has 7 nitrogen and oxygen atoms in total. The number of carbonyl (C=O) groups is 2. The summed E-state index contributed by atoms with van der Waals surface area (Å²) in [7, 11) is -4.86. The van der Waals surface area contributed by atoms with Crippen LogP contribution in [0.4, 0.5) is 0 Å². The van der Waals surface area contributed by atoms with E-state index >= 15 is 0 Å². The predicted molar refractivity (Wildman–Crippen MR) is 92.5 cm³/mol. The van der Waals surface area contributed by atoms with Crippen molar-refractivity contribution < 1.29 is 27.3 Å². The third-order valence-electron chi connectivity index (χ3n) is 5.23. The second-order valence-corrected chi connectivity index (χ2v) is 8.78. The zero-order valence-corrected chi connectivity index (χ0v) is 15.4. The van der Waals surface area contributed by atoms with Gasteiger partial charge in [-0.25, -0.2) is 4.79 Å². The van der Waals surface area contributed by atoms with Gasteiger partial charge in [-0.15, -0.1) is 0 Å². The minimum atomic E-state index is -4.86. The summed E-state index contributed by atoms with van der Waals surface area (Å²) < 4.78 is 37.4. The van der Waals surface area contributed by atoms with Crippen LogP contribution in [0.3, 0.4) is 0 Å². The molecule has 1 unspecified atom stereocenters. The maximum absolute atomic E-state index is 12.2. The number of rotatable bonds is 7. The summed E-state index contributed by atoms with van der Waals surface area (Å²) in [4.78, 5) is 24.3. The van der Waals surface area contributed by atoms with Crippen LogP contribution in [0.1, 0.15) is 64.2 Å². The van der Waals surface area contributed by atoms with Gasteiger partial charge in [-0.3, -0.25) is 9.35 Å². The van der Waals surface area contributed by atoms with Crippen LogP contribution >= 0.6 is 0 Å². The summed E-state index contributed by atoms with van der Waals surface area (Å²) in [6, 6.07) is 0. The van der Waals surface area contributed by atoms with Gasteiger partial charge in [0, 0.05) is 6.54 Å². The largest absolute Gasteiger partial charge is 0.464 e. The maximum atomic E-state index is 12.2. The van der Waals surface area contributed by atoms with E-state index in [1.54, 1.807) is 0 Å². The number of esters is 1. The van der Waals surface area contributed by atoms with Gasteiger partial charge in [0.2, 0.25) is 0 Å². The third kappa shape index (κ3) is 6.58. The smallest absolute Gasteiger partial charge is 0.336 e. The van der Waals surface area contributed by atoms with Crippen molar-refractivity contribution in [3.63, 3.8) is 0 Å². The molecule has 0 spiro atoms. The average molecular weight is 375 g/mol. The van der Waals surface area contributed by atoms with Crippen molar-refractivity contribution in [2.75, 3.05) is 13.2 Å². The summed E-state index contributed by atoms with van der Waals surface area (Å²) in [5.74, 6) is -1.70. The van der Waals surface area contributed by atoms with Crippen molar-refractivity contribution in [2.24, 2.45) is 11.8 Å². The Hall–Kier alpha value is -1.15. The molecule has 8 heteroatoms. The molecule has 25 heavy (non-hydrogen) atoms. The lowest BCUT2D eigenvalue weighted by Gasteiger charge is -2.23. The van der Waals surface area contributed by atoms with E-state index in [1.165, 1.54) is 6.42 Å². The van der Waals surface area contributed by atoms with Gasteiger partial charge in [-0.1, -0.05) is 38.5 Å². The number of hydrogen-bond donors (Lipinski definition) is 2. The van der Waals surface area contributed by atoms with Crippen molar-refractivity contribution in [3.8, 4) is 0 Å². The quantitative estimate of drug-likeness (QED) is 0.400. The SMILES string of the molecule is O=C(NCC1CCCCC1)C(C(=O)OCC1CCCCC1)S(=O)(=O)O. The van der Waals surface area contributed by atoms with E-state index in [1.807, 2.05) is 0 Å². The van der Waals surface area contributed by atoms with Gasteiger partial charge >= 0.3 is 5.97 Å². The monoisotopic (exact) mass is 375 g/mol. The van der Waals surface area contributed by atoms with Crippen molar-refractivity contribution in [3.05, 3.63) is 0 Å². The molecule has 0 radical (unpaired) electrons. The molecule has 1 amide bonds. The van der Waals surface area contributed by atoms with E-state index in [0.717, 1.165) is 57.8 Å². The lowest BCUT2D eigenvalue weighted by molar-refractivity contribution is -0.147. The molecule has 2 fully saturated rings. The molecule has 0 aromatic rings. The molecule has 2 aliphatic carbocycles. The molecule has 2 rings (SSSR count). The van der Waals surface area contributed by atoms with Gasteiger partial charge in [0.15, 0.2) is 0 Å². The number of hydrogen-bond acceptors (Lipinski definition) is 5. The second kappa shape index (κ2) is 9.52. The average Bonchev–Trinajstić information content (AvgIpc) is 2.59. The normalized spacial score (nSPS) is 21.5. The Kier molecular flexibility index (Phi) is 7.68. The molecule has 0 heterocycles. The Balaban J connectivity index is 1.87. The summed E-state index contributed by atoms with van der Waals surface area (Å²) >= 11 is 0. The minimum Gasteiger partial charge on any atom is -0.464 e. The molecule has 2 N–H and O–H groups in total. The standard InChI is InChI=1S/C17H29NO6S/c19-16(18-11-13-7-3-1-4-8-13)15(25(21,22)23)17(20)24-12-14-9-5-2-6-10-14/h13-15H,1-12H2,(H,18,19)(H,21,22,23). The highest BCUT2D eigenvalue weighted by Gasteiger charge is 2.40. The molecule has 0 aromatic carbocycles. The first-order chi connectivity index (χ1) is 11.9. The van der Waals surface area contributed by atoms with Crippen molar-refractivity contribution >= 4 is 22.0 Å². The topological polar surface area (TPSA) is 110 Å². The fourth-order valence-electron chi connectivity index (χ4n) is 3.72. The molecule has 0 aliphatic heterocycles. The van der Waals surface area contributed by atoms with Gasteiger partial charge in [-0.05, 0) is 37.5 Å². The minimum absolute atomic E-state index is 0.0980. The van der Waals surface area contributed by atoms with Gasteiger partial charge in [0.05, 0.1) is 6.61 Å². The highest BCUT2D eigenvalue weighted by molar-refractivity contribution is 7.88. The third-order valence-corrected chi connectivity index (χ3v) is 6.23. The Bertz CT molecular complexity index is 515. The van der Waals surface area contributed by atoms with Crippen molar-refractivity contribution in [2.45, 2.75) is 69.5 Å². The molecule has 0 bridgehead atoms. The van der Waals surface area contributed by atoms with Gasteiger partial charge in [-0.2, -0.15) is 8.42 Å². The molecule has 2 saturated carbocycles. The summed E-state index contributed by atoms with van der Waals surface area (Å²) in [6.45, 7) is 0.418. The Morgan fingerprint density at radius 1 is 0.960 bits per heavy atom. The van der Waals surface area contributed by atoms with E-state index in [4.69, 9.17) is 4.74 Å². The van der Waals surface area contributed by atoms with Crippen LogP contribution in [0.2, 0.25) is 0 Å². The van der Waals surface area contributed by atoms with Crippen LogP contribution < -0.4 is 5.32 Å². The van der Waals surface area contributed by atoms with E-state index < -0.39 is 27.2 Å². The molecular weight excluding hydrogens is 346 g/mol. The number of nitrogens with one attached hydrogen (secondary N) is 1. The number of amides is 1. The Labute approximate surface area is 149 Å². The lowest BCUT2D eigenvalue weighted by atomic mass is 9.89. The van der Waals surface area contributed by atoms with E-state index in [2.05, 4.69) is 5.32 Å². The second-order valence-electron chi connectivity index (χ2n) is 7.28. The summed E-state index contributed by atoms with van der Waals surface area (Å²) in [5.41, 5.74) is 0. The van der Waals surface area contributed by atoms with E-state index in [0.29, 0.717) is 6.54 Å². The highest BCUT2D eigenvalue weighted by Crippen LogP contribution is 2.24. The van der Waals surface area contributed by atoms with E-state index in [9.17, 15) is 22.6 Å². The van der Waals surface area contributed by atoms with Crippen LogP contribution in [-0.2, 0) is 24.4 Å². The Morgan fingerprint density at radius 2 is 1.48 bits per heavy atom. The van der Waals surface area contributed by atoms with Gasteiger partial charge in [0.25, 0.3) is 21.3 Å². The van der Waals surface area contributed by atoms with Crippen LogP contribution in [0.5, 0.6) is 0 Å². The lowest BCUT2D eigenvalue weighted by Crippen LogP contribution is -2.47. The van der Waals surface area contributed by atoms with Crippen molar-refractivity contribution in [1.82, 2.24) is 5.32 Å². The first kappa shape index (κ1) is 20.2. The van der Waals surface area contributed by atoms with Crippen molar-refractivity contribution in [1.29, 1.82) is 0 Å². The summed E-state index contributed by atoms with van der Waals surface area (Å²) in [6.07, 6.45) is 10.4. The van der Waals surface area contributed by atoms with Gasteiger partial charge in [0.1, 0.15) is 0 Å². The first-order valence-corrected chi connectivity index (χ1v) is 10.8. The van der Waals surface area contributed by atoms with Crippen LogP contribution in [0, 0.1) is 11.8 Å². The number of ether oxygens (including phenoxy) is 1. The highest BCUT2D eigenvalue weighted by atomic mass is 32.2. The molecule has 0 aromatic heterocycles.